The van der Waals surface area contributed by atoms with Crippen LogP contribution in [0.3, 0.4) is 0 Å². The van der Waals surface area contributed by atoms with E-state index in [2.05, 4.69) is 22.0 Å². The number of anilines is 2. The molecule has 1 aromatic rings. The monoisotopic (exact) mass is 309 g/mol. The Morgan fingerprint density at radius 3 is 2.24 bits per heavy atom. The largest absolute Gasteiger partial charge is 0.380 e. The Morgan fingerprint density at radius 2 is 1.67 bits per heavy atom. The molecule has 2 atom stereocenters. The normalized spacial score (nSPS) is 29.3. The molecule has 116 valence electrons. The molecule has 2 N–H and O–H groups in total. The highest BCUT2D eigenvalue weighted by Crippen LogP contribution is 2.36. The molecular formula is C15H23N3O2S. The van der Waals surface area contributed by atoms with Crippen molar-refractivity contribution in [2.45, 2.75) is 43.8 Å². The van der Waals surface area contributed by atoms with Gasteiger partial charge in [0.25, 0.3) is 0 Å². The number of piperidine rings is 1. The Bertz CT molecular complexity index is 603. The smallest absolute Gasteiger partial charge is 0.229 e. The first-order chi connectivity index (χ1) is 9.92. The summed E-state index contributed by atoms with van der Waals surface area (Å²) in [6.45, 7) is 0. The van der Waals surface area contributed by atoms with Crippen molar-refractivity contribution in [3.05, 3.63) is 24.3 Å². The van der Waals surface area contributed by atoms with Crippen molar-refractivity contribution in [2.75, 3.05) is 23.3 Å². The molecule has 0 aliphatic carbocycles. The zero-order valence-corrected chi connectivity index (χ0v) is 13.4. The first kappa shape index (κ1) is 14.7. The van der Waals surface area contributed by atoms with Gasteiger partial charge in [-0.25, -0.2) is 8.42 Å². The minimum absolute atomic E-state index is 0.418. The van der Waals surface area contributed by atoms with Gasteiger partial charge >= 0.3 is 0 Å². The van der Waals surface area contributed by atoms with E-state index in [9.17, 15) is 8.42 Å². The van der Waals surface area contributed by atoms with Gasteiger partial charge in [-0.05, 0) is 44.9 Å². The fourth-order valence-corrected chi connectivity index (χ4v) is 4.22. The third kappa shape index (κ3) is 3.32. The van der Waals surface area contributed by atoms with Gasteiger partial charge in [0.2, 0.25) is 10.0 Å². The zero-order chi connectivity index (χ0) is 15.0. The molecule has 0 amide bonds. The maximum Gasteiger partial charge on any atom is 0.229 e. The Kier molecular flexibility index (Phi) is 3.84. The van der Waals surface area contributed by atoms with Crippen molar-refractivity contribution in [2.24, 2.45) is 0 Å². The number of sulfonamides is 1. The van der Waals surface area contributed by atoms with Crippen LogP contribution in [0.4, 0.5) is 11.4 Å². The number of fused-ring (bicyclic) bond motifs is 2. The van der Waals surface area contributed by atoms with E-state index in [-0.39, 0.29) is 0 Å². The van der Waals surface area contributed by atoms with Crippen LogP contribution in [0.15, 0.2) is 24.3 Å². The van der Waals surface area contributed by atoms with Crippen LogP contribution in [0.5, 0.6) is 0 Å². The molecule has 0 aromatic heterocycles. The van der Waals surface area contributed by atoms with E-state index in [1.165, 1.54) is 19.1 Å². The summed E-state index contributed by atoms with van der Waals surface area (Å²) in [5.41, 5.74) is 1.50. The van der Waals surface area contributed by atoms with E-state index < -0.39 is 10.0 Å². The molecule has 2 unspecified atom stereocenters. The van der Waals surface area contributed by atoms with Crippen LogP contribution in [0.1, 0.15) is 25.7 Å². The minimum Gasteiger partial charge on any atom is -0.380 e. The van der Waals surface area contributed by atoms with Gasteiger partial charge in [0.15, 0.2) is 0 Å². The van der Waals surface area contributed by atoms with Crippen LogP contribution in [-0.4, -0.2) is 44.7 Å². The van der Waals surface area contributed by atoms with Crippen molar-refractivity contribution in [1.82, 2.24) is 4.90 Å². The third-order valence-corrected chi connectivity index (χ3v) is 5.27. The summed E-state index contributed by atoms with van der Waals surface area (Å²) in [5.74, 6) is 0. The fourth-order valence-electron chi connectivity index (χ4n) is 3.65. The molecule has 0 spiro atoms. The first-order valence-corrected chi connectivity index (χ1v) is 9.37. The quantitative estimate of drug-likeness (QED) is 0.894. The molecule has 21 heavy (non-hydrogen) atoms. The van der Waals surface area contributed by atoms with Crippen molar-refractivity contribution in [3.8, 4) is 0 Å². The summed E-state index contributed by atoms with van der Waals surface area (Å²) in [6, 6.07) is 9.26. The Hall–Kier alpha value is -1.27. The predicted octanol–water partition coefficient (Wildman–Crippen LogP) is 2.10. The van der Waals surface area contributed by atoms with Gasteiger partial charge in [0, 0.05) is 18.1 Å². The van der Waals surface area contributed by atoms with E-state index in [0.29, 0.717) is 23.8 Å². The molecule has 2 fully saturated rings. The number of rotatable bonds is 4. The third-order valence-electron chi connectivity index (χ3n) is 4.68. The minimum atomic E-state index is -3.26. The van der Waals surface area contributed by atoms with Crippen LogP contribution in [0.25, 0.3) is 0 Å². The van der Waals surface area contributed by atoms with E-state index in [1.807, 2.05) is 18.2 Å². The second-order valence-electron chi connectivity index (χ2n) is 6.28. The average molecular weight is 309 g/mol. The molecule has 5 nitrogen and oxygen atoms in total. The highest BCUT2D eigenvalue weighted by atomic mass is 32.2. The van der Waals surface area contributed by atoms with Crippen molar-refractivity contribution >= 4 is 21.4 Å². The molecular weight excluding hydrogens is 286 g/mol. The molecule has 0 saturated carbocycles. The standard InChI is InChI=1S/C15H23N3O2S/c1-18-12-7-8-13(18)10-11(9-12)16-14-5-3-4-6-15(14)17-21(2,19)20/h3-6,11-13,16-17H,7-10H2,1-2H3. The van der Waals surface area contributed by atoms with E-state index in [0.717, 1.165) is 18.5 Å². The summed E-state index contributed by atoms with van der Waals surface area (Å²) in [7, 11) is -1.04. The summed E-state index contributed by atoms with van der Waals surface area (Å²) in [5, 5.41) is 3.54. The molecule has 6 heteroatoms. The maximum absolute atomic E-state index is 11.5. The number of hydrogen-bond donors (Lipinski definition) is 2. The van der Waals surface area contributed by atoms with Gasteiger partial charge in [0.1, 0.15) is 0 Å². The summed E-state index contributed by atoms with van der Waals surface area (Å²) < 4.78 is 25.5. The van der Waals surface area contributed by atoms with E-state index >= 15 is 0 Å². The lowest BCUT2D eigenvalue weighted by molar-refractivity contribution is 0.169. The lowest BCUT2D eigenvalue weighted by atomic mass is 9.97. The molecule has 2 heterocycles. The highest BCUT2D eigenvalue weighted by molar-refractivity contribution is 7.92. The molecule has 2 saturated heterocycles. The SMILES string of the molecule is CN1C2CCC1CC(Nc1ccccc1NS(C)(=O)=O)C2. The summed E-state index contributed by atoms with van der Waals surface area (Å²) in [6.07, 6.45) is 5.99. The van der Waals surface area contributed by atoms with Gasteiger partial charge < -0.3 is 10.2 Å². The van der Waals surface area contributed by atoms with Gasteiger partial charge in [-0.3, -0.25) is 4.72 Å². The predicted molar refractivity (Wildman–Crippen MR) is 86.1 cm³/mol. The molecule has 2 aliphatic rings. The van der Waals surface area contributed by atoms with Crippen molar-refractivity contribution in [3.63, 3.8) is 0 Å². The summed E-state index contributed by atoms with van der Waals surface area (Å²) in [4.78, 5) is 2.50. The molecule has 3 rings (SSSR count). The number of benzene rings is 1. The lowest BCUT2D eigenvalue weighted by Gasteiger charge is -2.37. The lowest BCUT2D eigenvalue weighted by Crippen LogP contribution is -2.44. The summed E-state index contributed by atoms with van der Waals surface area (Å²) >= 11 is 0. The van der Waals surface area contributed by atoms with Crippen molar-refractivity contribution in [1.29, 1.82) is 0 Å². The second-order valence-corrected chi connectivity index (χ2v) is 8.03. The number of nitrogens with zero attached hydrogens (tertiary/aromatic N) is 1. The van der Waals surface area contributed by atoms with Crippen LogP contribution in [-0.2, 0) is 10.0 Å². The Balaban J connectivity index is 1.74. The first-order valence-electron chi connectivity index (χ1n) is 7.47. The molecule has 0 radical (unpaired) electrons. The van der Waals surface area contributed by atoms with Crippen LogP contribution in [0, 0.1) is 0 Å². The number of para-hydroxylation sites is 2. The molecule has 1 aromatic carbocycles. The van der Waals surface area contributed by atoms with Crippen LogP contribution in [0.2, 0.25) is 0 Å². The van der Waals surface area contributed by atoms with Crippen LogP contribution < -0.4 is 10.0 Å². The second kappa shape index (κ2) is 5.50. The fraction of sp³-hybridized carbons (Fsp3) is 0.600. The molecule has 2 aliphatic heterocycles. The number of nitrogens with one attached hydrogen (secondary N) is 2. The van der Waals surface area contributed by atoms with Gasteiger partial charge in [-0.2, -0.15) is 0 Å². The van der Waals surface area contributed by atoms with Crippen LogP contribution >= 0.6 is 0 Å². The van der Waals surface area contributed by atoms with Gasteiger partial charge in [0.05, 0.1) is 17.6 Å². The average Bonchev–Trinajstić information content (AvgIpc) is 2.62. The Labute approximate surface area is 126 Å². The maximum atomic E-state index is 11.5. The zero-order valence-electron chi connectivity index (χ0n) is 12.5. The van der Waals surface area contributed by atoms with E-state index in [4.69, 9.17) is 0 Å². The molecule has 2 bridgehead atoms. The van der Waals surface area contributed by atoms with Crippen molar-refractivity contribution < 1.29 is 8.42 Å². The topological polar surface area (TPSA) is 61.4 Å². The van der Waals surface area contributed by atoms with Gasteiger partial charge in [-0.15, -0.1) is 0 Å². The highest BCUT2D eigenvalue weighted by Gasteiger charge is 2.38. The number of hydrogen-bond acceptors (Lipinski definition) is 4. The van der Waals surface area contributed by atoms with Gasteiger partial charge in [-0.1, -0.05) is 12.1 Å². The Morgan fingerprint density at radius 1 is 1.10 bits per heavy atom. The van der Waals surface area contributed by atoms with E-state index in [1.54, 1.807) is 6.07 Å².